The lowest BCUT2D eigenvalue weighted by Crippen LogP contribution is -2.46. The summed E-state index contributed by atoms with van der Waals surface area (Å²) in [5.41, 5.74) is -0.823. The lowest BCUT2D eigenvalue weighted by Gasteiger charge is -2.29. The van der Waals surface area contributed by atoms with Crippen molar-refractivity contribution < 1.29 is 9.90 Å². The van der Waals surface area contributed by atoms with Gasteiger partial charge in [0.15, 0.2) is 0 Å². The van der Waals surface area contributed by atoms with Gasteiger partial charge in [0.05, 0.1) is 6.54 Å². The van der Waals surface area contributed by atoms with Crippen LogP contribution in [0.2, 0.25) is 0 Å². The van der Waals surface area contributed by atoms with Gasteiger partial charge in [-0.05, 0) is 31.4 Å². The first kappa shape index (κ1) is 13.4. The maximum Gasteiger partial charge on any atom is 0.225 e. The van der Waals surface area contributed by atoms with Crippen LogP contribution in [0, 0.1) is 5.92 Å². The van der Waals surface area contributed by atoms with Crippen molar-refractivity contribution in [2.75, 3.05) is 31.6 Å². The summed E-state index contributed by atoms with van der Waals surface area (Å²) in [6.07, 6.45) is 4.44. The van der Waals surface area contributed by atoms with Crippen LogP contribution in [0.1, 0.15) is 19.3 Å². The molecule has 1 aromatic heterocycles. The van der Waals surface area contributed by atoms with Crippen LogP contribution in [0.25, 0.3) is 0 Å². The molecule has 5 nitrogen and oxygen atoms in total. The topological polar surface area (TPSA) is 56.7 Å². The van der Waals surface area contributed by atoms with Crippen LogP contribution >= 0.6 is 0 Å². The predicted octanol–water partition coefficient (Wildman–Crippen LogP) is 0.891. The molecule has 1 saturated carbocycles. The molecule has 1 aliphatic heterocycles. The van der Waals surface area contributed by atoms with Crippen molar-refractivity contribution in [3.63, 3.8) is 0 Å². The molecule has 108 valence electrons. The van der Waals surface area contributed by atoms with Crippen molar-refractivity contribution in [1.82, 2.24) is 9.88 Å². The molecular formula is C15H21N3O2. The van der Waals surface area contributed by atoms with E-state index in [-0.39, 0.29) is 11.8 Å². The van der Waals surface area contributed by atoms with E-state index in [1.54, 1.807) is 18.1 Å². The first-order valence-electron chi connectivity index (χ1n) is 7.21. The maximum atomic E-state index is 12.0. The van der Waals surface area contributed by atoms with Gasteiger partial charge in [-0.3, -0.25) is 4.79 Å². The SMILES string of the molecule is CN(CC1(O)CCN(c2ccccn2)C1)C(=O)C1CC1. The van der Waals surface area contributed by atoms with E-state index in [9.17, 15) is 9.90 Å². The highest BCUT2D eigenvalue weighted by molar-refractivity contribution is 5.80. The number of carbonyl (C=O) groups is 1. The number of hydrogen-bond acceptors (Lipinski definition) is 4. The van der Waals surface area contributed by atoms with E-state index < -0.39 is 5.60 Å². The average Bonchev–Trinajstić information content (AvgIpc) is 3.22. The van der Waals surface area contributed by atoms with Gasteiger partial charge in [0.2, 0.25) is 5.91 Å². The van der Waals surface area contributed by atoms with Crippen LogP contribution in [-0.2, 0) is 4.79 Å². The zero-order chi connectivity index (χ0) is 14.2. The Kier molecular flexibility index (Phi) is 3.38. The van der Waals surface area contributed by atoms with E-state index in [0.717, 1.165) is 25.2 Å². The molecule has 1 unspecified atom stereocenters. The Labute approximate surface area is 119 Å². The van der Waals surface area contributed by atoms with Gasteiger partial charge in [0.1, 0.15) is 11.4 Å². The van der Waals surface area contributed by atoms with Gasteiger partial charge >= 0.3 is 0 Å². The van der Waals surface area contributed by atoms with E-state index in [1.807, 2.05) is 18.2 Å². The van der Waals surface area contributed by atoms with Crippen molar-refractivity contribution in [1.29, 1.82) is 0 Å². The second-order valence-electron chi connectivity index (χ2n) is 6.05. The van der Waals surface area contributed by atoms with Crippen LogP contribution in [0.5, 0.6) is 0 Å². The molecule has 1 aromatic rings. The van der Waals surface area contributed by atoms with Crippen LogP contribution in [-0.4, -0.2) is 53.2 Å². The minimum absolute atomic E-state index is 0.176. The first-order valence-corrected chi connectivity index (χ1v) is 7.21. The number of nitrogens with zero attached hydrogens (tertiary/aromatic N) is 3. The Bertz CT molecular complexity index is 489. The number of likely N-dealkylation sites (N-methyl/N-ethyl adjacent to an activating group) is 1. The Hall–Kier alpha value is -1.62. The summed E-state index contributed by atoms with van der Waals surface area (Å²) in [4.78, 5) is 20.1. The van der Waals surface area contributed by atoms with Crippen molar-refractivity contribution in [2.24, 2.45) is 5.92 Å². The molecule has 1 saturated heterocycles. The number of anilines is 1. The lowest BCUT2D eigenvalue weighted by molar-refractivity contribution is -0.134. The molecule has 0 spiro atoms. The second-order valence-corrected chi connectivity index (χ2v) is 6.05. The molecule has 2 heterocycles. The quantitative estimate of drug-likeness (QED) is 0.886. The van der Waals surface area contributed by atoms with Crippen LogP contribution < -0.4 is 4.90 Å². The average molecular weight is 275 g/mol. The largest absolute Gasteiger partial charge is 0.386 e. The molecule has 0 aromatic carbocycles. The van der Waals surface area contributed by atoms with Crippen LogP contribution in [0.15, 0.2) is 24.4 Å². The summed E-state index contributed by atoms with van der Waals surface area (Å²) in [6.45, 7) is 1.72. The van der Waals surface area contributed by atoms with E-state index in [4.69, 9.17) is 0 Å². The second kappa shape index (κ2) is 5.05. The maximum absolute atomic E-state index is 12.0. The molecule has 20 heavy (non-hydrogen) atoms. The number of pyridine rings is 1. The monoisotopic (exact) mass is 275 g/mol. The van der Waals surface area contributed by atoms with Gasteiger partial charge in [-0.15, -0.1) is 0 Å². The minimum Gasteiger partial charge on any atom is -0.386 e. The number of amides is 1. The zero-order valence-corrected chi connectivity index (χ0v) is 11.8. The van der Waals surface area contributed by atoms with Gasteiger partial charge in [-0.25, -0.2) is 4.98 Å². The van der Waals surface area contributed by atoms with Gasteiger partial charge in [-0.1, -0.05) is 6.07 Å². The summed E-state index contributed by atoms with van der Waals surface area (Å²) < 4.78 is 0. The normalized spacial score (nSPS) is 25.8. The highest BCUT2D eigenvalue weighted by atomic mass is 16.3. The number of carbonyl (C=O) groups excluding carboxylic acids is 1. The Morgan fingerprint density at radius 1 is 1.55 bits per heavy atom. The molecule has 0 bridgehead atoms. The molecule has 1 aliphatic carbocycles. The van der Waals surface area contributed by atoms with E-state index >= 15 is 0 Å². The van der Waals surface area contributed by atoms with Crippen LogP contribution in [0.4, 0.5) is 5.82 Å². The third-order valence-electron chi connectivity index (χ3n) is 4.14. The Morgan fingerprint density at radius 2 is 2.35 bits per heavy atom. The molecule has 2 fully saturated rings. The van der Waals surface area contributed by atoms with Crippen molar-refractivity contribution in [3.05, 3.63) is 24.4 Å². The number of aromatic nitrogens is 1. The fraction of sp³-hybridized carbons (Fsp3) is 0.600. The van der Waals surface area contributed by atoms with Gasteiger partial charge < -0.3 is 14.9 Å². The fourth-order valence-electron chi connectivity index (χ4n) is 2.88. The smallest absolute Gasteiger partial charge is 0.225 e. The summed E-state index contributed by atoms with van der Waals surface area (Å²) in [6, 6.07) is 5.78. The minimum atomic E-state index is -0.823. The first-order chi connectivity index (χ1) is 9.57. The molecule has 2 aliphatic rings. The van der Waals surface area contributed by atoms with E-state index in [2.05, 4.69) is 9.88 Å². The van der Waals surface area contributed by atoms with Crippen molar-refractivity contribution >= 4 is 11.7 Å². The summed E-state index contributed by atoms with van der Waals surface area (Å²) >= 11 is 0. The van der Waals surface area contributed by atoms with Gasteiger partial charge in [0, 0.05) is 32.3 Å². The highest BCUT2D eigenvalue weighted by Gasteiger charge is 2.40. The molecule has 1 atom stereocenters. The standard InChI is InChI=1S/C15H21N3O2/c1-17(14(19)12-5-6-12)10-15(20)7-9-18(11-15)13-4-2-3-8-16-13/h2-4,8,12,20H,5-7,9-11H2,1H3. The van der Waals surface area contributed by atoms with Gasteiger partial charge in [-0.2, -0.15) is 0 Å². The van der Waals surface area contributed by atoms with Crippen molar-refractivity contribution in [3.8, 4) is 0 Å². The van der Waals surface area contributed by atoms with E-state index in [0.29, 0.717) is 19.5 Å². The fourth-order valence-corrected chi connectivity index (χ4v) is 2.88. The molecule has 1 amide bonds. The molecular weight excluding hydrogens is 254 g/mol. The zero-order valence-electron chi connectivity index (χ0n) is 11.8. The number of hydrogen-bond donors (Lipinski definition) is 1. The molecule has 0 radical (unpaired) electrons. The van der Waals surface area contributed by atoms with E-state index in [1.165, 1.54) is 0 Å². The van der Waals surface area contributed by atoms with Crippen LogP contribution in [0.3, 0.4) is 0 Å². The number of β-amino-alcohol motifs (C(OH)–C–C–N with tert-alkyl or cyclic N) is 1. The Morgan fingerprint density at radius 3 is 3.00 bits per heavy atom. The predicted molar refractivity (Wildman–Crippen MR) is 76.4 cm³/mol. The summed E-state index contributed by atoms with van der Waals surface area (Å²) in [5.74, 6) is 1.27. The number of rotatable bonds is 4. The molecule has 3 rings (SSSR count). The van der Waals surface area contributed by atoms with Crippen molar-refractivity contribution in [2.45, 2.75) is 24.9 Å². The molecule has 1 N–H and O–H groups in total. The Balaban J connectivity index is 1.61. The number of aliphatic hydroxyl groups is 1. The molecule has 5 heteroatoms. The van der Waals surface area contributed by atoms with Gasteiger partial charge in [0.25, 0.3) is 0 Å². The third kappa shape index (κ3) is 2.77. The highest BCUT2D eigenvalue weighted by Crippen LogP contribution is 2.32. The third-order valence-corrected chi connectivity index (χ3v) is 4.14. The summed E-state index contributed by atoms with van der Waals surface area (Å²) in [5, 5.41) is 10.7. The lowest BCUT2D eigenvalue weighted by atomic mass is 10.0. The summed E-state index contributed by atoms with van der Waals surface area (Å²) in [7, 11) is 1.79.